The van der Waals surface area contributed by atoms with E-state index in [1.165, 1.54) is 12.1 Å². The molecule has 1 aromatic rings. The van der Waals surface area contributed by atoms with Crippen molar-refractivity contribution in [1.29, 1.82) is 0 Å². The van der Waals surface area contributed by atoms with Gasteiger partial charge in [0.15, 0.2) is 0 Å². The van der Waals surface area contributed by atoms with Gasteiger partial charge in [0.25, 0.3) is 0 Å². The molecule has 0 nitrogen and oxygen atoms in total. The molecule has 4 heteroatoms. The summed E-state index contributed by atoms with van der Waals surface area (Å²) < 4.78 is 34.9. The molecule has 0 atom stereocenters. The van der Waals surface area contributed by atoms with E-state index in [0.717, 1.165) is 5.92 Å². The Kier molecular flexibility index (Phi) is 2.84. The predicted molar refractivity (Wildman–Crippen MR) is 44.4 cm³/mol. The van der Waals surface area contributed by atoms with Crippen molar-refractivity contribution in [3.8, 4) is 11.8 Å². The maximum atomic E-state index is 11.6. The van der Waals surface area contributed by atoms with Gasteiger partial charge in [-0.1, -0.05) is 23.6 Å². The van der Waals surface area contributed by atoms with Crippen LogP contribution in [0, 0.1) is 11.8 Å². The normalized spacial score (nSPS) is 10.5. The van der Waals surface area contributed by atoms with Gasteiger partial charge in [-0.2, -0.15) is 13.2 Å². The Morgan fingerprint density at radius 1 is 1.23 bits per heavy atom. The highest BCUT2D eigenvalue weighted by molar-refractivity contribution is 6.30. The molecule has 1 aromatic carbocycles. The topological polar surface area (TPSA) is 0 Å². The third kappa shape index (κ3) is 3.86. The van der Waals surface area contributed by atoms with Crippen LogP contribution in [0.15, 0.2) is 24.3 Å². The molecule has 0 unspecified atom stereocenters. The molecule has 68 valence electrons. The van der Waals surface area contributed by atoms with Crippen LogP contribution in [0.25, 0.3) is 0 Å². The minimum atomic E-state index is -4.46. The summed E-state index contributed by atoms with van der Waals surface area (Å²) in [6.45, 7) is 0. The van der Waals surface area contributed by atoms with Crippen LogP contribution in [0.4, 0.5) is 13.2 Å². The van der Waals surface area contributed by atoms with Gasteiger partial charge < -0.3 is 0 Å². The van der Waals surface area contributed by atoms with Crippen molar-refractivity contribution in [2.24, 2.45) is 0 Å². The number of benzene rings is 1. The van der Waals surface area contributed by atoms with Crippen LogP contribution in [-0.4, -0.2) is 6.18 Å². The second kappa shape index (κ2) is 3.71. The molecule has 13 heavy (non-hydrogen) atoms. The van der Waals surface area contributed by atoms with Crippen LogP contribution < -0.4 is 0 Å². The SMILES string of the molecule is FC(F)(F)C#Cc1cccc(Cl)c1. The van der Waals surface area contributed by atoms with E-state index >= 15 is 0 Å². The van der Waals surface area contributed by atoms with Gasteiger partial charge in [0.2, 0.25) is 0 Å². The van der Waals surface area contributed by atoms with E-state index in [1.807, 2.05) is 5.92 Å². The van der Waals surface area contributed by atoms with Gasteiger partial charge in [-0.05, 0) is 18.2 Å². The average Bonchev–Trinajstić information content (AvgIpc) is 2.00. The average molecular weight is 205 g/mol. The fraction of sp³-hybridized carbons (Fsp3) is 0.111. The zero-order valence-electron chi connectivity index (χ0n) is 6.32. The van der Waals surface area contributed by atoms with E-state index in [1.54, 1.807) is 12.1 Å². The Bertz CT molecular complexity index is 357. The number of rotatable bonds is 0. The van der Waals surface area contributed by atoms with Crippen molar-refractivity contribution in [2.45, 2.75) is 6.18 Å². The quantitative estimate of drug-likeness (QED) is 0.569. The van der Waals surface area contributed by atoms with Gasteiger partial charge in [-0.15, -0.1) is 0 Å². The number of halogens is 4. The lowest BCUT2D eigenvalue weighted by Gasteiger charge is -1.93. The Morgan fingerprint density at radius 2 is 1.92 bits per heavy atom. The third-order valence-corrected chi connectivity index (χ3v) is 1.41. The fourth-order valence-corrected chi connectivity index (χ4v) is 0.900. The van der Waals surface area contributed by atoms with Crippen LogP contribution in [0.5, 0.6) is 0 Å². The Balaban J connectivity index is 2.90. The van der Waals surface area contributed by atoms with E-state index < -0.39 is 6.18 Å². The molecule has 0 saturated carbocycles. The van der Waals surface area contributed by atoms with Crippen LogP contribution in [-0.2, 0) is 0 Å². The van der Waals surface area contributed by atoms with Crippen molar-refractivity contribution in [3.05, 3.63) is 34.9 Å². The predicted octanol–water partition coefficient (Wildman–Crippen LogP) is 3.25. The monoisotopic (exact) mass is 204 g/mol. The van der Waals surface area contributed by atoms with Crippen molar-refractivity contribution >= 4 is 11.6 Å². The molecule has 0 radical (unpaired) electrons. The number of alkyl halides is 3. The minimum Gasteiger partial charge on any atom is -0.159 e. The van der Waals surface area contributed by atoms with Gasteiger partial charge in [-0.25, -0.2) is 0 Å². The van der Waals surface area contributed by atoms with E-state index in [-0.39, 0.29) is 5.56 Å². The maximum absolute atomic E-state index is 11.6. The zero-order valence-corrected chi connectivity index (χ0v) is 7.08. The van der Waals surface area contributed by atoms with Gasteiger partial charge in [0, 0.05) is 16.5 Å². The van der Waals surface area contributed by atoms with E-state index in [9.17, 15) is 13.2 Å². The van der Waals surface area contributed by atoms with Crippen molar-refractivity contribution < 1.29 is 13.2 Å². The molecule has 0 aliphatic heterocycles. The lowest BCUT2D eigenvalue weighted by atomic mass is 10.2. The molecule has 0 bridgehead atoms. The third-order valence-electron chi connectivity index (χ3n) is 1.17. The molecule has 0 amide bonds. The van der Waals surface area contributed by atoms with Crippen molar-refractivity contribution in [2.75, 3.05) is 0 Å². The van der Waals surface area contributed by atoms with E-state index in [2.05, 4.69) is 0 Å². The summed E-state index contributed by atoms with van der Waals surface area (Å²) in [4.78, 5) is 0. The zero-order chi connectivity index (χ0) is 9.90. The van der Waals surface area contributed by atoms with Crippen LogP contribution in [0.3, 0.4) is 0 Å². The van der Waals surface area contributed by atoms with E-state index in [0.29, 0.717) is 5.02 Å². The fourth-order valence-electron chi connectivity index (χ4n) is 0.709. The molecule has 1 rings (SSSR count). The molecule has 0 aromatic heterocycles. The molecule has 0 saturated heterocycles. The molecular weight excluding hydrogens is 201 g/mol. The molecule has 0 N–H and O–H groups in total. The second-order valence-electron chi connectivity index (χ2n) is 2.26. The summed E-state index contributed by atoms with van der Waals surface area (Å²) in [5, 5.41) is 0.369. The maximum Gasteiger partial charge on any atom is 0.458 e. The molecule has 0 heterocycles. The summed E-state index contributed by atoms with van der Waals surface area (Å²) in [6, 6.07) is 5.95. The highest BCUT2D eigenvalue weighted by Gasteiger charge is 2.22. The van der Waals surface area contributed by atoms with Crippen molar-refractivity contribution in [1.82, 2.24) is 0 Å². The largest absolute Gasteiger partial charge is 0.458 e. The molecule has 0 fully saturated rings. The number of hydrogen-bond acceptors (Lipinski definition) is 0. The van der Waals surface area contributed by atoms with Crippen LogP contribution >= 0.6 is 11.6 Å². The molecular formula is C9H4ClF3. The summed E-state index contributed by atoms with van der Waals surface area (Å²) in [7, 11) is 0. The molecule has 0 spiro atoms. The highest BCUT2D eigenvalue weighted by atomic mass is 35.5. The Morgan fingerprint density at radius 3 is 2.46 bits per heavy atom. The Hall–Kier alpha value is -1.14. The van der Waals surface area contributed by atoms with Gasteiger partial charge in [0.1, 0.15) is 0 Å². The first kappa shape index (κ1) is 9.94. The molecule has 0 aliphatic rings. The summed E-state index contributed by atoms with van der Waals surface area (Å²) in [5.41, 5.74) is 0.254. The summed E-state index contributed by atoms with van der Waals surface area (Å²) in [5.74, 6) is 3.12. The first-order chi connectivity index (χ1) is 5.97. The summed E-state index contributed by atoms with van der Waals surface area (Å²) >= 11 is 5.55. The van der Waals surface area contributed by atoms with Crippen LogP contribution in [0.2, 0.25) is 5.02 Å². The van der Waals surface area contributed by atoms with Gasteiger partial charge >= 0.3 is 6.18 Å². The first-order valence-electron chi connectivity index (χ1n) is 3.33. The lowest BCUT2D eigenvalue weighted by Crippen LogP contribution is -2.01. The van der Waals surface area contributed by atoms with Gasteiger partial charge in [0.05, 0.1) is 0 Å². The highest BCUT2D eigenvalue weighted by Crippen LogP contribution is 2.14. The van der Waals surface area contributed by atoms with Crippen LogP contribution in [0.1, 0.15) is 5.56 Å². The smallest absolute Gasteiger partial charge is 0.159 e. The van der Waals surface area contributed by atoms with E-state index in [4.69, 9.17) is 11.6 Å². The standard InChI is InChI=1S/C9H4ClF3/c10-8-3-1-2-7(6-8)4-5-9(11,12)13/h1-3,6H. The Labute approximate surface area is 78.3 Å². The molecule has 0 aliphatic carbocycles. The number of hydrogen-bond donors (Lipinski definition) is 0. The van der Waals surface area contributed by atoms with Gasteiger partial charge in [-0.3, -0.25) is 0 Å². The van der Waals surface area contributed by atoms with Crippen molar-refractivity contribution in [3.63, 3.8) is 0 Å². The second-order valence-corrected chi connectivity index (χ2v) is 2.69. The summed E-state index contributed by atoms with van der Waals surface area (Å²) in [6.07, 6.45) is -4.46. The lowest BCUT2D eigenvalue weighted by molar-refractivity contribution is -0.0696. The first-order valence-corrected chi connectivity index (χ1v) is 3.71. The minimum absolute atomic E-state index is 0.254.